The van der Waals surface area contributed by atoms with Crippen LogP contribution in [0.5, 0.6) is 11.5 Å². The fourth-order valence-electron chi connectivity index (χ4n) is 4.96. The van der Waals surface area contributed by atoms with Crippen molar-refractivity contribution in [2.45, 2.75) is 26.3 Å². The lowest BCUT2D eigenvalue weighted by Gasteiger charge is -2.29. The summed E-state index contributed by atoms with van der Waals surface area (Å²) >= 11 is 0. The Morgan fingerprint density at radius 1 is 0.878 bits per heavy atom. The highest BCUT2D eigenvalue weighted by molar-refractivity contribution is 6.12. The summed E-state index contributed by atoms with van der Waals surface area (Å²) in [6.07, 6.45) is 3.40. The molecule has 1 aromatic heterocycles. The zero-order chi connectivity index (χ0) is 28.8. The van der Waals surface area contributed by atoms with E-state index in [0.29, 0.717) is 22.5 Å². The lowest BCUT2D eigenvalue weighted by atomic mass is 9.98. The van der Waals surface area contributed by atoms with E-state index in [2.05, 4.69) is 32.7 Å². The van der Waals surface area contributed by atoms with Crippen LogP contribution in [0, 0.1) is 6.92 Å². The number of benzene rings is 3. The van der Waals surface area contributed by atoms with E-state index in [1.807, 2.05) is 31.2 Å². The van der Waals surface area contributed by atoms with Gasteiger partial charge in [-0.3, -0.25) is 19.5 Å². The number of nitrogens with one attached hydrogen (secondary N) is 2. The van der Waals surface area contributed by atoms with Gasteiger partial charge >= 0.3 is 0 Å². The normalized spacial score (nSPS) is 12.8. The van der Waals surface area contributed by atoms with Gasteiger partial charge in [-0.25, -0.2) is 0 Å². The van der Waals surface area contributed by atoms with Crippen LogP contribution in [-0.2, 0) is 19.4 Å². The number of ether oxygens (including phenoxy) is 2. The quantitative estimate of drug-likeness (QED) is 0.285. The molecule has 3 aromatic carbocycles. The second-order valence-corrected chi connectivity index (χ2v) is 10.1. The van der Waals surface area contributed by atoms with Gasteiger partial charge in [0.1, 0.15) is 0 Å². The molecule has 0 bridgehead atoms. The Bertz CT molecular complexity index is 1530. The van der Waals surface area contributed by atoms with Gasteiger partial charge < -0.3 is 20.1 Å². The maximum absolute atomic E-state index is 13.1. The first-order valence-corrected chi connectivity index (χ1v) is 13.6. The van der Waals surface area contributed by atoms with Crippen LogP contribution in [0.1, 0.15) is 43.1 Å². The average Bonchev–Trinajstić information content (AvgIpc) is 3.00. The minimum absolute atomic E-state index is 0.297. The number of aryl methyl sites for hydroxylation is 1. The molecule has 0 saturated heterocycles. The number of para-hydroxylation sites is 1. The van der Waals surface area contributed by atoms with E-state index < -0.39 is 0 Å². The van der Waals surface area contributed by atoms with Crippen LogP contribution < -0.4 is 20.1 Å². The third kappa shape index (κ3) is 6.73. The van der Waals surface area contributed by atoms with Crippen LogP contribution in [0.2, 0.25) is 0 Å². The largest absolute Gasteiger partial charge is 0.493 e. The van der Waals surface area contributed by atoms with E-state index in [1.165, 1.54) is 22.9 Å². The summed E-state index contributed by atoms with van der Waals surface area (Å²) in [5, 5.41) is 5.78. The second kappa shape index (κ2) is 12.7. The Morgan fingerprint density at radius 2 is 1.61 bits per heavy atom. The number of methoxy groups -OCH3 is 2. The molecule has 5 rings (SSSR count). The number of rotatable bonds is 9. The molecule has 1 aliphatic rings. The zero-order valence-electron chi connectivity index (χ0n) is 23.6. The summed E-state index contributed by atoms with van der Waals surface area (Å²) in [7, 11) is 3.33. The minimum atomic E-state index is -0.321. The van der Waals surface area contributed by atoms with Crippen LogP contribution in [-0.4, -0.2) is 49.0 Å². The fraction of sp³-hybridized carbons (Fsp3) is 0.242. The third-order valence-electron chi connectivity index (χ3n) is 7.32. The molecule has 2 N–H and O–H groups in total. The molecular weight excluding hydrogens is 516 g/mol. The summed E-state index contributed by atoms with van der Waals surface area (Å²) in [6.45, 7) is 4.66. The van der Waals surface area contributed by atoms with Crippen molar-refractivity contribution in [2.24, 2.45) is 0 Å². The second-order valence-electron chi connectivity index (χ2n) is 10.1. The number of amides is 2. The Morgan fingerprint density at radius 3 is 2.32 bits per heavy atom. The first-order chi connectivity index (χ1) is 19.9. The molecule has 1 aliphatic heterocycles. The van der Waals surface area contributed by atoms with E-state index in [1.54, 1.807) is 50.6 Å². The Hall–Kier alpha value is -4.69. The number of hydrogen-bond acceptors (Lipinski definition) is 6. The number of hydrogen-bond donors (Lipinski definition) is 2. The molecule has 0 radical (unpaired) electrons. The minimum Gasteiger partial charge on any atom is -0.493 e. The maximum atomic E-state index is 13.1. The smallest absolute Gasteiger partial charge is 0.257 e. The van der Waals surface area contributed by atoms with Crippen molar-refractivity contribution in [3.63, 3.8) is 0 Å². The monoisotopic (exact) mass is 550 g/mol. The molecule has 0 atom stereocenters. The molecule has 41 heavy (non-hydrogen) atoms. The average molecular weight is 551 g/mol. The van der Waals surface area contributed by atoms with Gasteiger partial charge in [0.05, 0.1) is 31.0 Å². The molecule has 8 nitrogen and oxygen atoms in total. The van der Waals surface area contributed by atoms with E-state index in [-0.39, 0.29) is 11.8 Å². The number of carbonyl (C=O) groups excluding carboxylic acids is 2. The molecule has 210 valence electrons. The van der Waals surface area contributed by atoms with Crippen LogP contribution in [0.3, 0.4) is 0 Å². The van der Waals surface area contributed by atoms with Gasteiger partial charge in [-0.05, 0) is 85.0 Å². The molecule has 8 heteroatoms. The Kier molecular flexibility index (Phi) is 8.60. The van der Waals surface area contributed by atoms with Crippen molar-refractivity contribution in [1.29, 1.82) is 0 Å². The van der Waals surface area contributed by atoms with Crippen molar-refractivity contribution >= 4 is 23.2 Å². The lowest BCUT2D eigenvalue weighted by molar-refractivity contribution is 0.102. The summed E-state index contributed by atoms with van der Waals surface area (Å²) in [4.78, 5) is 32.4. The van der Waals surface area contributed by atoms with Gasteiger partial charge in [0.15, 0.2) is 11.5 Å². The van der Waals surface area contributed by atoms with Crippen molar-refractivity contribution in [1.82, 2.24) is 9.88 Å². The van der Waals surface area contributed by atoms with Gasteiger partial charge in [0, 0.05) is 37.2 Å². The van der Waals surface area contributed by atoms with Crippen LogP contribution in [0.15, 0.2) is 79.0 Å². The number of pyridine rings is 1. The van der Waals surface area contributed by atoms with Crippen molar-refractivity contribution in [2.75, 3.05) is 37.9 Å². The van der Waals surface area contributed by atoms with Gasteiger partial charge in [-0.2, -0.15) is 0 Å². The number of nitrogens with zero attached hydrogens (tertiary/aromatic N) is 2. The van der Waals surface area contributed by atoms with Gasteiger partial charge in [0.25, 0.3) is 11.8 Å². The van der Waals surface area contributed by atoms with Gasteiger partial charge in [-0.15, -0.1) is 0 Å². The van der Waals surface area contributed by atoms with E-state index in [4.69, 9.17) is 9.47 Å². The molecule has 0 unspecified atom stereocenters. The molecule has 0 aliphatic carbocycles. The molecular formula is C33H34N4O4. The van der Waals surface area contributed by atoms with E-state index in [0.717, 1.165) is 49.7 Å². The molecule has 4 aromatic rings. The summed E-state index contributed by atoms with van der Waals surface area (Å²) in [5.41, 5.74) is 6.54. The predicted octanol–water partition coefficient (Wildman–Crippen LogP) is 5.51. The standard InChI is InChI=1S/C33H34N4O4/c1-22-8-11-25(20-34-22)32(38)36-29-7-5-4-6-28(29)33(39)35-27-12-9-23(10-13-27)14-16-37-17-15-24-18-30(40-2)31(41-3)19-26(24)21-37/h4-13,18-20H,14-17,21H2,1-3H3,(H,35,39)(H,36,38). The van der Waals surface area contributed by atoms with Gasteiger partial charge in [-0.1, -0.05) is 24.3 Å². The predicted molar refractivity (Wildman–Crippen MR) is 160 cm³/mol. The molecule has 2 heterocycles. The number of anilines is 2. The van der Waals surface area contributed by atoms with Crippen LogP contribution in [0.25, 0.3) is 0 Å². The number of aromatic nitrogens is 1. The highest BCUT2D eigenvalue weighted by Crippen LogP contribution is 2.33. The third-order valence-corrected chi connectivity index (χ3v) is 7.32. The van der Waals surface area contributed by atoms with Gasteiger partial charge in [0.2, 0.25) is 0 Å². The highest BCUT2D eigenvalue weighted by Gasteiger charge is 2.19. The van der Waals surface area contributed by atoms with Crippen LogP contribution >= 0.6 is 0 Å². The summed E-state index contributed by atoms with van der Waals surface area (Å²) in [6, 6.07) is 22.5. The Labute approximate surface area is 240 Å². The number of carbonyl (C=O) groups is 2. The molecule has 2 amide bonds. The molecule has 0 fully saturated rings. The first kappa shape index (κ1) is 27.9. The molecule has 0 spiro atoms. The summed E-state index contributed by atoms with van der Waals surface area (Å²) in [5.74, 6) is 0.923. The van der Waals surface area contributed by atoms with Crippen molar-refractivity contribution < 1.29 is 19.1 Å². The van der Waals surface area contributed by atoms with E-state index in [9.17, 15) is 9.59 Å². The zero-order valence-corrected chi connectivity index (χ0v) is 23.6. The van der Waals surface area contributed by atoms with Crippen LogP contribution in [0.4, 0.5) is 11.4 Å². The van der Waals surface area contributed by atoms with Crippen molar-refractivity contribution in [3.8, 4) is 11.5 Å². The first-order valence-electron chi connectivity index (χ1n) is 13.6. The topological polar surface area (TPSA) is 92.8 Å². The molecule has 0 saturated carbocycles. The van der Waals surface area contributed by atoms with Crippen molar-refractivity contribution in [3.05, 3.63) is 113 Å². The Balaban J connectivity index is 1.17. The maximum Gasteiger partial charge on any atom is 0.257 e. The van der Waals surface area contributed by atoms with E-state index >= 15 is 0 Å². The fourth-order valence-corrected chi connectivity index (χ4v) is 4.96. The lowest BCUT2D eigenvalue weighted by Crippen LogP contribution is -2.32. The number of fused-ring (bicyclic) bond motifs is 1. The summed E-state index contributed by atoms with van der Waals surface area (Å²) < 4.78 is 10.9. The highest BCUT2D eigenvalue weighted by atomic mass is 16.5. The SMILES string of the molecule is COc1cc2c(cc1OC)CN(CCc1ccc(NC(=O)c3ccccc3NC(=O)c3ccc(C)nc3)cc1)CC2.